The molecule has 0 bridgehead atoms. The fourth-order valence-corrected chi connectivity index (χ4v) is 2.06. The minimum Gasteiger partial charge on any atom is -0.375 e. The van der Waals surface area contributed by atoms with E-state index in [1.807, 2.05) is 0 Å². The van der Waals surface area contributed by atoms with Crippen molar-refractivity contribution >= 4 is 35.6 Å². The first kappa shape index (κ1) is 18.3. The predicted octanol–water partition coefficient (Wildman–Crippen LogP) is 1.52. The second kappa shape index (κ2) is 8.67. The molecule has 8 heteroatoms. The van der Waals surface area contributed by atoms with Gasteiger partial charge in [0.25, 0.3) is 0 Å². The predicted molar refractivity (Wildman–Crippen MR) is 83.8 cm³/mol. The van der Waals surface area contributed by atoms with Crippen molar-refractivity contribution in [2.45, 2.75) is 19.4 Å². The number of carbonyl (C=O) groups is 2. The molecule has 1 saturated heterocycles. The van der Waals surface area contributed by atoms with Gasteiger partial charge in [-0.15, -0.1) is 12.4 Å². The Kier molecular flexibility index (Phi) is 7.23. The summed E-state index contributed by atoms with van der Waals surface area (Å²) in [4.78, 5) is 22.9. The lowest BCUT2D eigenvalue weighted by molar-refractivity contribution is -0.119. The molecule has 1 heterocycles. The molecule has 22 heavy (non-hydrogen) atoms. The van der Waals surface area contributed by atoms with Gasteiger partial charge in [-0.25, -0.2) is 4.39 Å². The van der Waals surface area contributed by atoms with Crippen LogP contribution in [-0.2, 0) is 14.3 Å². The molecule has 0 saturated carbocycles. The molecule has 3 N–H and O–H groups in total. The first-order valence-corrected chi connectivity index (χ1v) is 6.74. The number of ether oxygens (including phenoxy) is 1. The van der Waals surface area contributed by atoms with Crippen LogP contribution in [0.2, 0.25) is 0 Å². The number of morpholine rings is 1. The average molecular weight is 332 g/mol. The normalized spacial score (nSPS) is 17.3. The molecule has 1 aliphatic rings. The first-order valence-electron chi connectivity index (χ1n) is 6.74. The third-order valence-electron chi connectivity index (χ3n) is 2.98. The van der Waals surface area contributed by atoms with Crippen LogP contribution in [0.3, 0.4) is 0 Å². The first-order chi connectivity index (χ1) is 10.0. The number of carbonyl (C=O) groups excluding carboxylic acids is 2. The molecule has 1 aromatic rings. The van der Waals surface area contributed by atoms with Crippen LogP contribution in [0.25, 0.3) is 0 Å². The van der Waals surface area contributed by atoms with Crippen molar-refractivity contribution in [3.05, 3.63) is 24.0 Å². The largest absolute Gasteiger partial charge is 0.375 e. The number of halogens is 2. The number of amides is 2. The Morgan fingerprint density at radius 3 is 2.82 bits per heavy atom. The van der Waals surface area contributed by atoms with Crippen LogP contribution in [-0.4, -0.2) is 37.6 Å². The van der Waals surface area contributed by atoms with Gasteiger partial charge < -0.3 is 20.7 Å². The molecular formula is C14H19ClFN3O3. The highest BCUT2D eigenvalue weighted by Crippen LogP contribution is 2.20. The van der Waals surface area contributed by atoms with E-state index in [9.17, 15) is 14.0 Å². The Balaban J connectivity index is 0.00000242. The molecule has 0 radical (unpaired) electrons. The molecule has 122 valence electrons. The summed E-state index contributed by atoms with van der Waals surface area (Å²) in [7, 11) is 0. The Morgan fingerprint density at radius 2 is 2.18 bits per heavy atom. The Labute approximate surface area is 134 Å². The highest BCUT2D eigenvalue weighted by molar-refractivity contribution is 5.93. The van der Waals surface area contributed by atoms with Crippen LogP contribution in [0.15, 0.2) is 18.2 Å². The second-order valence-electron chi connectivity index (χ2n) is 4.83. The molecular weight excluding hydrogens is 313 g/mol. The van der Waals surface area contributed by atoms with E-state index in [-0.39, 0.29) is 42.4 Å². The standard InChI is InChI=1S/C14H18FN3O3.ClH/c1-9(19)17-13-6-10(2-3-12(13)15)18-14(20)7-11-8-16-4-5-21-11;/h2-3,6,11,16H,4-5,7-8H2,1H3,(H,17,19)(H,18,20);1H. The molecule has 1 atom stereocenters. The van der Waals surface area contributed by atoms with E-state index in [4.69, 9.17) is 4.74 Å². The van der Waals surface area contributed by atoms with Gasteiger partial charge in [0.2, 0.25) is 11.8 Å². The number of anilines is 2. The van der Waals surface area contributed by atoms with Gasteiger partial charge in [-0.05, 0) is 18.2 Å². The van der Waals surface area contributed by atoms with E-state index in [1.165, 1.54) is 25.1 Å². The summed E-state index contributed by atoms with van der Waals surface area (Å²) in [6.07, 6.45) is 0.0637. The zero-order valence-electron chi connectivity index (χ0n) is 12.1. The summed E-state index contributed by atoms with van der Waals surface area (Å²) in [6, 6.07) is 4.02. The number of hydrogen-bond donors (Lipinski definition) is 3. The van der Waals surface area contributed by atoms with Gasteiger partial charge in [-0.2, -0.15) is 0 Å². The van der Waals surface area contributed by atoms with Crippen LogP contribution in [0.4, 0.5) is 15.8 Å². The number of hydrogen-bond acceptors (Lipinski definition) is 4. The van der Waals surface area contributed by atoms with Gasteiger partial charge in [0, 0.05) is 25.7 Å². The molecule has 1 aliphatic heterocycles. The van der Waals surface area contributed by atoms with Crippen LogP contribution >= 0.6 is 12.4 Å². The Morgan fingerprint density at radius 1 is 1.41 bits per heavy atom. The Bertz CT molecular complexity index is 536. The summed E-state index contributed by atoms with van der Waals surface area (Å²) >= 11 is 0. The van der Waals surface area contributed by atoms with E-state index < -0.39 is 5.82 Å². The van der Waals surface area contributed by atoms with Gasteiger partial charge in [-0.1, -0.05) is 0 Å². The summed E-state index contributed by atoms with van der Waals surface area (Å²) < 4.78 is 18.9. The van der Waals surface area contributed by atoms with Gasteiger partial charge in [0.05, 0.1) is 24.8 Å². The quantitative estimate of drug-likeness (QED) is 0.781. The molecule has 1 aromatic carbocycles. The molecule has 1 fully saturated rings. The molecule has 2 amide bonds. The minimum atomic E-state index is -0.553. The number of rotatable bonds is 4. The van der Waals surface area contributed by atoms with Gasteiger partial charge in [0.1, 0.15) is 5.82 Å². The van der Waals surface area contributed by atoms with Crippen molar-refractivity contribution in [1.29, 1.82) is 0 Å². The van der Waals surface area contributed by atoms with E-state index in [0.29, 0.717) is 18.8 Å². The van der Waals surface area contributed by atoms with Crippen LogP contribution in [0, 0.1) is 5.82 Å². The third kappa shape index (κ3) is 5.59. The van der Waals surface area contributed by atoms with E-state index in [0.717, 1.165) is 6.54 Å². The molecule has 0 aliphatic carbocycles. The number of benzene rings is 1. The maximum absolute atomic E-state index is 13.5. The molecule has 0 aromatic heterocycles. The van der Waals surface area contributed by atoms with Crippen LogP contribution in [0.5, 0.6) is 0 Å². The topological polar surface area (TPSA) is 79.5 Å². The van der Waals surface area contributed by atoms with Crippen molar-refractivity contribution in [3.8, 4) is 0 Å². The van der Waals surface area contributed by atoms with E-state index in [2.05, 4.69) is 16.0 Å². The van der Waals surface area contributed by atoms with Crippen molar-refractivity contribution in [1.82, 2.24) is 5.32 Å². The highest BCUT2D eigenvalue weighted by atomic mass is 35.5. The lowest BCUT2D eigenvalue weighted by Crippen LogP contribution is -2.40. The van der Waals surface area contributed by atoms with Crippen LogP contribution in [0.1, 0.15) is 13.3 Å². The fourth-order valence-electron chi connectivity index (χ4n) is 2.06. The molecule has 2 rings (SSSR count). The lowest BCUT2D eigenvalue weighted by atomic mass is 10.2. The van der Waals surface area contributed by atoms with Crippen LogP contribution < -0.4 is 16.0 Å². The SMILES string of the molecule is CC(=O)Nc1cc(NC(=O)CC2CNCCO2)ccc1F.Cl. The summed E-state index contributed by atoms with van der Waals surface area (Å²) in [6.45, 7) is 3.30. The van der Waals surface area contributed by atoms with Crippen molar-refractivity contribution < 1.29 is 18.7 Å². The monoisotopic (exact) mass is 331 g/mol. The lowest BCUT2D eigenvalue weighted by Gasteiger charge is -2.23. The van der Waals surface area contributed by atoms with Crippen molar-refractivity contribution in [2.24, 2.45) is 0 Å². The fraction of sp³-hybridized carbons (Fsp3) is 0.429. The van der Waals surface area contributed by atoms with Crippen molar-refractivity contribution in [3.63, 3.8) is 0 Å². The number of nitrogens with one attached hydrogen (secondary N) is 3. The molecule has 0 spiro atoms. The smallest absolute Gasteiger partial charge is 0.227 e. The van der Waals surface area contributed by atoms with Gasteiger partial charge >= 0.3 is 0 Å². The zero-order valence-corrected chi connectivity index (χ0v) is 13.0. The third-order valence-corrected chi connectivity index (χ3v) is 2.98. The maximum atomic E-state index is 13.5. The highest BCUT2D eigenvalue weighted by Gasteiger charge is 2.17. The molecule has 1 unspecified atom stereocenters. The van der Waals surface area contributed by atoms with E-state index in [1.54, 1.807) is 0 Å². The minimum absolute atomic E-state index is 0. The average Bonchev–Trinajstić information content (AvgIpc) is 2.43. The maximum Gasteiger partial charge on any atom is 0.227 e. The van der Waals surface area contributed by atoms with Gasteiger partial charge in [0.15, 0.2) is 0 Å². The zero-order chi connectivity index (χ0) is 15.2. The van der Waals surface area contributed by atoms with E-state index >= 15 is 0 Å². The van der Waals surface area contributed by atoms with Crippen molar-refractivity contribution in [2.75, 3.05) is 30.3 Å². The summed E-state index contributed by atoms with van der Waals surface area (Å²) in [5, 5.41) is 8.17. The second-order valence-corrected chi connectivity index (χ2v) is 4.83. The Hall–Kier alpha value is -1.70. The summed E-state index contributed by atoms with van der Waals surface area (Å²) in [5.74, 6) is -1.15. The molecule has 6 nitrogen and oxygen atoms in total. The van der Waals surface area contributed by atoms with Gasteiger partial charge in [-0.3, -0.25) is 9.59 Å². The summed E-state index contributed by atoms with van der Waals surface area (Å²) in [5.41, 5.74) is 0.463.